The summed E-state index contributed by atoms with van der Waals surface area (Å²) < 4.78 is 20.2. The van der Waals surface area contributed by atoms with Crippen molar-refractivity contribution in [3.05, 3.63) is 218 Å². The number of nitrogens with zero attached hydrogens (tertiary/aromatic N) is 2. The fourth-order valence-corrected chi connectivity index (χ4v) is 8.78. The number of furan rings is 1. The van der Waals surface area contributed by atoms with Crippen molar-refractivity contribution < 1.29 is 8.81 Å². The zero-order chi connectivity index (χ0) is 40.9. The van der Waals surface area contributed by atoms with Gasteiger partial charge in [-0.2, -0.15) is 0 Å². The largest absolute Gasteiger partial charge is 0.456 e. The van der Waals surface area contributed by atoms with Crippen molar-refractivity contribution in [1.29, 1.82) is 0 Å². The number of hydrogen-bond acceptors (Lipinski definition) is 3. The molecule has 11 aromatic rings. The number of aromatic nitrogens is 2. The lowest BCUT2D eigenvalue weighted by molar-refractivity contribution is 0.628. The minimum absolute atomic E-state index is 0.262. The van der Waals surface area contributed by atoms with Gasteiger partial charge in [0.05, 0.1) is 11.4 Å². The van der Waals surface area contributed by atoms with Crippen LogP contribution in [0.5, 0.6) is 0 Å². The topological polar surface area (TPSA) is 38.9 Å². The molecule has 11 rings (SSSR count). The normalized spacial score (nSPS) is 11.4. The molecule has 3 aromatic heterocycles. The van der Waals surface area contributed by atoms with Crippen LogP contribution in [-0.4, -0.2) is 9.97 Å². The van der Waals surface area contributed by atoms with Crippen molar-refractivity contribution in [3.63, 3.8) is 0 Å². The fourth-order valence-electron chi connectivity index (χ4n) is 8.78. The summed E-state index contributed by atoms with van der Waals surface area (Å²) >= 11 is 0. The molecule has 0 unspecified atom stereocenters. The quantitative estimate of drug-likeness (QED) is 0.162. The van der Waals surface area contributed by atoms with Crippen LogP contribution < -0.4 is 0 Å². The molecule has 0 saturated carbocycles. The number of benzene rings is 8. The standard InChI is InChI=1S/C57H37FN2O/c1-36-29-42(46-15-8-7-14-45(46)41-22-27-53(59-34-41)39-19-24-44(58)25-20-39)31-43(30-36)47-16-9-10-18-49(47)52-35-60-54(38-12-3-2-4-13-38)33-51(52)40-21-26-50-56(32-40)61-55-28-23-37-11-5-6-17-48(37)57(50)55/h2-35H,1H3. The van der Waals surface area contributed by atoms with Gasteiger partial charge in [0.1, 0.15) is 17.0 Å². The number of aryl methyl sites for hydroxylation is 1. The Bertz CT molecular complexity index is 3420. The Balaban J connectivity index is 1.03. The molecule has 3 heterocycles. The zero-order valence-corrected chi connectivity index (χ0v) is 33.3. The van der Waals surface area contributed by atoms with Gasteiger partial charge in [-0.1, -0.05) is 133 Å². The first kappa shape index (κ1) is 36.2. The lowest BCUT2D eigenvalue weighted by Gasteiger charge is -2.17. The van der Waals surface area contributed by atoms with Gasteiger partial charge in [0.2, 0.25) is 0 Å². The lowest BCUT2D eigenvalue weighted by Crippen LogP contribution is -1.94. The highest BCUT2D eigenvalue weighted by Gasteiger charge is 2.19. The summed E-state index contributed by atoms with van der Waals surface area (Å²) in [7, 11) is 0. The monoisotopic (exact) mass is 784 g/mol. The predicted molar refractivity (Wildman–Crippen MR) is 250 cm³/mol. The molecule has 0 bridgehead atoms. The van der Waals surface area contributed by atoms with Crippen LogP contribution in [0.2, 0.25) is 0 Å². The molecule has 8 aromatic carbocycles. The number of pyridine rings is 2. The number of halogens is 1. The van der Waals surface area contributed by atoms with E-state index in [-0.39, 0.29) is 5.82 Å². The van der Waals surface area contributed by atoms with Gasteiger partial charge >= 0.3 is 0 Å². The molecule has 0 amide bonds. The molecule has 4 heteroatoms. The van der Waals surface area contributed by atoms with E-state index in [1.165, 1.54) is 22.9 Å². The molecule has 0 fully saturated rings. The van der Waals surface area contributed by atoms with Crippen molar-refractivity contribution >= 4 is 32.7 Å². The highest BCUT2D eigenvalue weighted by molar-refractivity contribution is 6.19. The Morgan fingerprint density at radius 3 is 1.75 bits per heavy atom. The average Bonchev–Trinajstić information content (AvgIpc) is 3.70. The van der Waals surface area contributed by atoms with Crippen LogP contribution in [0.3, 0.4) is 0 Å². The van der Waals surface area contributed by atoms with E-state index in [4.69, 9.17) is 14.4 Å². The smallest absolute Gasteiger partial charge is 0.136 e. The maximum absolute atomic E-state index is 13.6. The first-order chi connectivity index (χ1) is 30.0. The van der Waals surface area contributed by atoms with Crippen LogP contribution >= 0.6 is 0 Å². The summed E-state index contributed by atoms with van der Waals surface area (Å²) in [5.74, 6) is -0.262. The average molecular weight is 785 g/mol. The van der Waals surface area contributed by atoms with Crippen LogP contribution in [-0.2, 0) is 0 Å². The zero-order valence-electron chi connectivity index (χ0n) is 33.3. The second-order valence-electron chi connectivity index (χ2n) is 15.6. The molecule has 61 heavy (non-hydrogen) atoms. The molecule has 288 valence electrons. The van der Waals surface area contributed by atoms with Gasteiger partial charge in [0, 0.05) is 45.4 Å². The Hall–Kier alpha value is -7.95. The van der Waals surface area contributed by atoms with Gasteiger partial charge in [0.25, 0.3) is 0 Å². The van der Waals surface area contributed by atoms with Crippen molar-refractivity contribution in [3.8, 4) is 78.1 Å². The Labute approximate surface area is 353 Å². The summed E-state index contributed by atoms with van der Waals surface area (Å²) in [6, 6.07) is 66.3. The van der Waals surface area contributed by atoms with E-state index in [0.717, 1.165) is 106 Å². The van der Waals surface area contributed by atoms with Crippen molar-refractivity contribution in [2.45, 2.75) is 6.92 Å². The third-order valence-corrected chi connectivity index (χ3v) is 11.7. The summed E-state index contributed by atoms with van der Waals surface area (Å²) in [6.07, 6.45) is 3.93. The number of hydrogen-bond donors (Lipinski definition) is 0. The summed E-state index contributed by atoms with van der Waals surface area (Å²) in [6.45, 7) is 2.16. The second kappa shape index (κ2) is 15.0. The Kier molecular flexibility index (Phi) is 8.90. The Morgan fingerprint density at radius 2 is 1.00 bits per heavy atom. The van der Waals surface area contributed by atoms with Gasteiger partial charge in [-0.15, -0.1) is 0 Å². The summed E-state index contributed by atoms with van der Waals surface area (Å²) in [5.41, 5.74) is 17.3. The van der Waals surface area contributed by atoms with E-state index < -0.39 is 0 Å². The highest BCUT2D eigenvalue weighted by atomic mass is 19.1. The second-order valence-corrected chi connectivity index (χ2v) is 15.6. The predicted octanol–water partition coefficient (Wildman–Crippen LogP) is 15.6. The van der Waals surface area contributed by atoms with Crippen LogP contribution in [0.15, 0.2) is 211 Å². The van der Waals surface area contributed by atoms with Gasteiger partial charge < -0.3 is 4.42 Å². The van der Waals surface area contributed by atoms with Crippen LogP contribution in [0.4, 0.5) is 4.39 Å². The van der Waals surface area contributed by atoms with Gasteiger partial charge in [-0.05, 0) is 128 Å². The molecule has 0 saturated heterocycles. The molecule has 0 atom stereocenters. The van der Waals surface area contributed by atoms with E-state index in [2.05, 4.69) is 165 Å². The molecule has 0 aliphatic carbocycles. The van der Waals surface area contributed by atoms with E-state index >= 15 is 0 Å². The van der Waals surface area contributed by atoms with E-state index in [1.807, 2.05) is 24.5 Å². The molecule has 0 aliphatic rings. The first-order valence-corrected chi connectivity index (χ1v) is 20.5. The Morgan fingerprint density at radius 1 is 0.377 bits per heavy atom. The van der Waals surface area contributed by atoms with E-state index in [0.29, 0.717) is 0 Å². The van der Waals surface area contributed by atoms with Gasteiger partial charge in [-0.25, -0.2) is 4.39 Å². The first-order valence-electron chi connectivity index (χ1n) is 20.5. The maximum Gasteiger partial charge on any atom is 0.136 e. The summed E-state index contributed by atoms with van der Waals surface area (Å²) in [5, 5.41) is 4.62. The number of fused-ring (bicyclic) bond motifs is 5. The SMILES string of the molecule is Cc1cc(-c2ccccc2-c2ccc(-c3ccc(F)cc3)nc2)cc(-c2ccccc2-c2cnc(-c3ccccc3)cc2-c2ccc3c(c2)oc2ccc4ccccc4c23)c1. The highest BCUT2D eigenvalue weighted by Crippen LogP contribution is 2.43. The molecule has 3 nitrogen and oxygen atoms in total. The molecular weight excluding hydrogens is 748 g/mol. The van der Waals surface area contributed by atoms with Crippen LogP contribution in [0.1, 0.15) is 5.56 Å². The van der Waals surface area contributed by atoms with Crippen molar-refractivity contribution in [1.82, 2.24) is 9.97 Å². The van der Waals surface area contributed by atoms with Crippen LogP contribution in [0, 0.1) is 12.7 Å². The third kappa shape index (κ3) is 6.65. The van der Waals surface area contributed by atoms with E-state index in [1.54, 1.807) is 12.1 Å². The molecule has 0 aliphatic heterocycles. The molecule has 0 spiro atoms. The minimum atomic E-state index is -0.262. The minimum Gasteiger partial charge on any atom is -0.456 e. The maximum atomic E-state index is 13.6. The van der Waals surface area contributed by atoms with Gasteiger partial charge in [-0.3, -0.25) is 9.97 Å². The van der Waals surface area contributed by atoms with Crippen LogP contribution in [0.25, 0.3) is 111 Å². The summed E-state index contributed by atoms with van der Waals surface area (Å²) in [4.78, 5) is 9.87. The van der Waals surface area contributed by atoms with Crippen molar-refractivity contribution in [2.24, 2.45) is 0 Å². The third-order valence-electron chi connectivity index (χ3n) is 11.7. The molecule has 0 radical (unpaired) electrons. The molecular formula is C57H37FN2O. The number of rotatable bonds is 7. The molecule has 0 N–H and O–H groups in total. The fraction of sp³-hybridized carbons (Fsp3) is 0.0175. The van der Waals surface area contributed by atoms with E-state index in [9.17, 15) is 4.39 Å². The van der Waals surface area contributed by atoms with Gasteiger partial charge in [0.15, 0.2) is 0 Å². The van der Waals surface area contributed by atoms with Crippen molar-refractivity contribution in [2.75, 3.05) is 0 Å². The lowest BCUT2D eigenvalue weighted by atomic mass is 9.87.